The van der Waals surface area contributed by atoms with Crippen molar-refractivity contribution in [3.63, 3.8) is 0 Å². The molecular formula is C25H27N7O. The second-order valence-electron chi connectivity index (χ2n) is 9.30. The molecule has 168 valence electrons. The molecule has 0 radical (unpaired) electrons. The number of aryl methyl sites for hydroxylation is 1. The van der Waals surface area contributed by atoms with Crippen molar-refractivity contribution in [1.29, 1.82) is 0 Å². The van der Waals surface area contributed by atoms with Gasteiger partial charge in [0.05, 0.1) is 42.1 Å². The summed E-state index contributed by atoms with van der Waals surface area (Å²) in [6.45, 7) is 2.27. The Labute approximate surface area is 192 Å². The van der Waals surface area contributed by atoms with E-state index in [0.29, 0.717) is 11.6 Å². The molecule has 8 nitrogen and oxygen atoms in total. The number of rotatable bonds is 6. The molecule has 8 heteroatoms. The van der Waals surface area contributed by atoms with Gasteiger partial charge in [-0.1, -0.05) is 0 Å². The minimum absolute atomic E-state index is 0.0416. The van der Waals surface area contributed by atoms with Crippen molar-refractivity contribution in [1.82, 2.24) is 34.4 Å². The molecule has 1 aliphatic heterocycles. The maximum atomic E-state index is 13.0. The molecule has 0 N–H and O–H groups in total. The lowest BCUT2D eigenvalue weighted by molar-refractivity contribution is 0.0991. The lowest BCUT2D eigenvalue weighted by atomic mass is 10.0. The van der Waals surface area contributed by atoms with Crippen LogP contribution in [0.1, 0.15) is 47.8 Å². The lowest BCUT2D eigenvalue weighted by Crippen LogP contribution is -2.36. The van der Waals surface area contributed by atoms with Gasteiger partial charge in [0.2, 0.25) is 0 Å². The summed E-state index contributed by atoms with van der Waals surface area (Å²) >= 11 is 0. The highest BCUT2D eigenvalue weighted by Crippen LogP contribution is 2.32. The van der Waals surface area contributed by atoms with Gasteiger partial charge in [0.25, 0.3) is 0 Å². The van der Waals surface area contributed by atoms with Gasteiger partial charge in [-0.25, -0.2) is 0 Å². The Kier molecular flexibility index (Phi) is 5.02. The van der Waals surface area contributed by atoms with Crippen LogP contribution in [0.4, 0.5) is 0 Å². The number of nitrogens with zero attached hydrogens (tertiary/aromatic N) is 7. The maximum absolute atomic E-state index is 13.0. The third-order valence-electron chi connectivity index (χ3n) is 6.86. The summed E-state index contributed by atoms with van der Waals surface area (Å²) < 4.78 is 3.77. The summed E-state index contributed by atoms with van der Waals surface area (Å²) in [7, 11) is 1.89. The minimum atomic E-state index is 0.0416. The van der Waals surface area contributed by atoms with Crippen LogP contribution in [0.5, 0.6) is 0 Å². The Morgan fingerprint density at radius 2 is 1.76 bits per heavy atom. The topological polar surface area (TPSA) is 81.7 Å². The molecule has 0 unspecified atom stereocenters. The Balaban J connectivity index is 1.15. The van der Waals surface area contributed by atoms with E-state index in [2.05, 4.69) is 31.1 Å². The molecule has 4 aromatic rings. The molecule has 6 rings (SSSR count). The van der Waals surface area contributed by atoms with Gasteiger partial charge in [0.15, 0.2) is 5.78 Å². The number of ketones is 1. The fraction of sp³-hybridized carbons (Fsp3) is 0.400. The molecule has 0 aromatic carbocycles. The van der Waals surface area contributed by atoms with Gasteiger partial charge in [0, 0.05) is 67.0 Å². The predicted octanol–water partition coefficient (Wildman–Crippen LogP) is 3.45. The number of pyridine rings is 2. The molecule has 1 aliphatic carbocycles. The summed E-state index contributed by atoms with van der Waals surface area (Å²) in [4.78, 5) is 24.6. The molecule has 0 spiro atoms. The van der Waals surface area contributed by atoms with Gasteiger partial charge in [-0.2, -0.15) is 10.2 Å². The van der Waals surface area contributed by atoms with Crippen molar-refractivity contribution in [2.24, 2.45) is 7.05 Å². The summed E-state index contributed by atoms with van der Waals surface area (Å²) in [5.41, 5.74) is 4.21. The van der Waals surface area contributed by atoms with Crippen LogP contribution >= 0.6 is 0 Å². The van der Waals surface area contributed by atoms with Crippen LogP contribution in [0, 0.1) is 0 Å². The van der Waals surface area contributed by atoms with Crippen molar-refractivity contribution in [3.8, 4) is 11.1 Å². The summed E-state index contributed by atoms with van der Waals surface area (Å²) in [5, 5.41) is 9.72. The minimum Gasteiger partial charge on any atom is -0.300 e. The van der Waals surface area contributed by atoms with Crippen LogP contribution in [0.3, 0.4) is 0 Å². The molecule has 0 atom stereocenters. The molecule has 2 aliphatic rings. The van der Waals surface area contributed by atoms with Crippen LogP contribution in [0.2, 0.25) is 0 Å². The molecule has 0 amide bonds. The highest BCUT2D eigenvalue weighted by Gasteiger charge is 2.32. The van der Waals surface area contributed by atoms with E-state index in [1.165, 1.54) is 12.8 Å². The number of aromatic nitrogens is 6. The van der Waals surface area contributed by atoms with Crippen molar-refractivity contribution in [3.05, 3.63) is 60.6 Å². The average molecular weight is 442 g/mol. The van der Waals surface area contributed by atoms with Crippen LogP contribution in [0.15, 0.2) is 49.3 Å². The van der Waals surface area contributed by atoms with Crippen LogP contribution < -0.4 is 0 Å². The molecule has 5 heterocycles. The smallest absolute Gasteiger partial charge is 0.171 e. The summed E-state index contributed by atoms with van der Waals surface area (Å²) in [6.07, 6.45) is 16.1. The fourth-order valence-electron chi connectivity index (χ4n) is 4.80. The zero-order chi connectivity index (χ0) is 22.4. The molecule has 33 heavy (non-hydrogen) atoms. The number of Topliss-reactive ketones (excluding diaryl/α,β-unsaturated/α-hetero) is 1. The van der Waals surface area contributed by atoms with Crippen LogP contribution in [0.25, 0.3) is 22.0 Å². The van der Waals surface area contributed by atoms with Crippen LogP contribution in [-0.4, -0.2) is 59.3 Å². The molecule has 0 bridgehead atoms. The van der Waals surface area contributed by atoms with Crippen molar-refractivity contribution in [2.45, 2.75) is 44.2 Å². The summed E-state index contributed by atoms with van der Waals surface area (Å²) in [5.74, 6) is 0.0416. The SMILES string of the molecule is Cn1cc(-c2cnc3cnc(CC(=O)c4cnn(C5CCN(C6CC6)CC5)c4)cc3c2)cn1. The van der Waals surface area contributed by atoms with E-state index in [0.717, 1.165) is 59.7 Å². The number of likely N-dealkylation sites (tertiary alicyclic amines) is 1. The first-order valence-corrected chi connectivity index (χ1v) is 11.7. The van der Waals surface area contributed by atoms with E-state index in [-0.39, 0.29) is 12.2 Å². The largest absolute Gasteiger partial charge is 0.300 e. The number of fused-ring (bicyclic) bond motifs is 1. The van der Waals surface area contributed by atoms with E-state index < -0.39 is 0 Å². The standard InChI is InChI=1S/C25H27N7O/c1-30-15-19(12-28-30)18-8-17-9-21(26-14-24(17)27-11-18)10-25(33)20-13-29-32(16-20)23-4-6-31(7-5-23)22-2-3-22/h8-9,11-16,22-23H,2-7,10H2,1H3. The Morgan fingerprint density at radius 3 is 2.52 bits per heavy atom. The lowest BCUT2D eigenvalue weighted by Gasteiger charge is -2.32. The summed E-state index contributed by atoms with van der Waals surface area (Å²) in [6, 6.07) is 5.24. The van der Waals surface area contributed by atoms with Crippen LogP contribution in [-0.2, 0) is 13.5 Å². The Bertz CT molecular complexity index is 1310. The Hall–Kier alpha value is -3.39. The van der Waals surface area contributed by atoms with Crippen molar-refractivity contribution >= 4 is 16.7 Å². The van der Waals surface area contributed by atoms with Crippen molar-refractivity contribution in [2.75, 3.05) is 13.1 Å². The second-order valence-corrected chi connectivity index (χ2v) is 9.30. The van der Waals surface area contributed by atoms with Gasteiger partial charge >= 0.3 is 0 Å². The van der Waals surface area contributed by atoms with Gasteiger partial charge in [-0.3, -0.25) is 24.1 Å². The second kappa shape index (κ2) is 8.19. The third-order valence-corrected chi connectivity index (χ3v) is 6.86. The maximum Gasteiger partial charge on any atom is 0.171 e. The molecular weight excluding hydrogens is 414 g/mol. The molecule has 2 fully saturated rings. The molecule has 4 aromatic heterocycles. The molecule has 1 saturated heterocycles. The van der Waals surface area contributed by atoms with E-state index in [4.69, 9.17) is 0 Å². The zero-order valence-electron chi connectivity index (χ0n) is 18.8. The number of carbonyl (C=O) groups excluding carboxylic acids is 1. The normalized spacial score (nSPS) is 17.6. The first-order chi connectivity index (χ1) is 16.1. The fourth-order valence-corrected chi connectivity index (χ4v) is 4.80. The third kappa shape index (κ3) is 4.18. The Morgan fingerprint density at radius 1 is 0.909 bits per heavy atom. The van der Waals surface area contributed by atoms with Gasteiger partial charge in [0.1, 0.15) is 0 Å². The van der Waals surface area contributed by atoms with Crippen molar-refractivity contribution < 1.29 is 4.79 Å². The average Bonchev–Trinajstić information content (AvgIpc) is 3.40. The number of carbonyl (C=O) groups is 1. The van der Waals surface area contributed by atoms with Gasteiger partial charge in [-0.15, -0.1) is 0 Å². The monoisotopic (exact) mass is 441 g/mol. The predicted molar refractivity (Wildman–Crippen MR) is 125 cm³/mol. The number of hydrogen-bond acceptors (Lipinski definition) is 6. The van der Waals surface area contributed by atoms with E-state index in [9.17, 15) is 4.79 Å². The zero-order valence-corrected chi connectivity index (χ0v) is 18.8. The highest BCUT2D eigenvalue weighted by atomic mass is 16.1. The number of piperidine rings is 1. The quantitative estimate of drug-likeness (QED) is 0.426. The van der Waals surface area contributed by atoms with E-state index in [1.807, 2.05) is 42.6 Å². The van der Waals surface area contributed by atoms with Gasteiger partial charge < -0.3 is 4.90 Å². The first-order valence-electron chi connectivity index (χ1n) is 11.7. The highest BCUT2D eigenvalue weighted by molar-refractivity contribution is 5.97. The van der Waals surface area contributed by atoms with E-state index in [1.54, 1.807) is 17.1 Å². The van der Waals surface area contributed by atoms with E-state index >= 15 is 0 Å². The van der Waals surface area contributed by atoms with Gasteiger partial charge in [-0.05, 0) is 37.8 Å². The molecule has 1 saturated carbocycles. The number of hydrogen-bond donors (Lipinski definition) is 0. The first kappa shape index (κ1) is 20.2.